The number of aliphatic hydroxyl groups is 2. The Labute approximate surface area is 103 Å². The highest BCUT2D eigenvalue weighted by atomic mass is 16.5. The van der Waals surface area contributed by atoms with Gasteiger partial charge in [0.05, 0.1) is 19.3 Å². The number of hydrogen-bond acceptors (Lipinski definition) is 5. The van der Waals surface area contributed by atoms with E-state index in [2.05, 4.69) is 19.2 Å². The largest absolute Gasteiger partial charge is 0.389 e. The number of nitrogens with one attached hydrogen (secondary N) is 1. The highest BCUT2D eigenvalue weighted by Crippen LogP contribution is 2.16. The van der Waals surface area contributed by atoms with E-state index in [0.29, 0.717) is 51.9 Å². The maximum atomic E-state index is 9.95. The molecule has 3 N–H and O–H groups in total. The summed E-state index contributed by atoms with van der Waals surface area (Å²) >= 11 is 0. The second kappa shape index (κ2) is 7.28. The third-order valence-corrected chi connectivity index (χ3v) is 2.68. The molecule has 1 aliphatic rings. The Morgan fingerprint density at radius 3 is 2.76 bits per heavy atom. The first-order chi connectivity index (χ1) is 8.02. The molecule has 2 unspecified atom stereocenters. The Kier molecular flexibility index (Phi) is 6.37. The third kappa shape index (κ3) is 6.33. The van der Waals surface area contributed by atoms with Crippen molar-refractivity contribution >= 4 is 0 Å². The van der Waals surface area contributed by atoms with Gasteiger partial charge in [-0.05, 0) is 5.92 Å². The van der Waals surface area contributed by atoms with Gasteiger partial charge >= 0.3 is 0 Å². The Bertz CT molecular complexity index is 205. The third-order valence-electron chi connectivity index (χ3n) is 2.68. The summed E-state index contributed by atoms with van der Waals surface area (Å²) in [5.74, 6) is 0.478. The van der Waals surface area contributed by atoms with E-state index in [-0.39, 0.29) is 0 Å². The zero-order chi connectivity index (χ0) is 12.7. The van der Waals surface area contributed by atoms with Crippen molar-refractivity contribution in [1.82, 2.24) is 5.32 Å². The SMILES string of the molecule is CC(C)COCC(O)CNCC1(O)CCOC1. The van der Waals surface area contributed by atoms with Crippen LogP contribution < -0.4 is 5.32 Å². The molecule has 0 bridgehead atoms. The quantitative estimate of drug-likeness (QED) is 0.552. The molecule has 0 aliphatic carbocycles. The molecular formula is C12H25NO4. The maximum Gasteiger partial charge on any atom is 0.102 e. The molecule has 5 nitrogen and oxygen atoms in total. The standard InChI is InChI=1S/C12H25NO4/c1-10(2)6-17-7-11(14)5-13-8-12(15)3-4-16-9-12/h10-11,13-15H,3-9H2,1-2H3. The number of ether oxygens (including phenoxy) is 2. The van der Waals surface area contributed by atoms with Gasteiger partial charge in [0.1, 0.15) is 5.60 Å². The van der Waals surface area contributed by atoms with Crippen molar-refractivity contribution in [1.29, 1.82) is 0 Å². The monoisotopic (exact) mass is 247 g/mol. The van der Waals surface area contributed by atoms with Gasteiger partial charge in [0, 0.05) is 32.7 Å². The van der Waals surface area contributed by atoms with E-state index in [1.54, 1.807) is 0 Å². The van der Waals surface area contributed by atoms with Crippen LogP contribution in [0.15, 0.2) is 0 Å². The van der Waals surface area contributed by atoms with E-state index in [9.17, 15) is 10.2 Å². The zero-order valence-corrected chi connectivity index (χ0v) is 10.8. The van der Waals surface area contributed by atoms with Crippen molar-refractivity contribution in [3.63, 3.8) is 0 Å². The molecule has 17 heavy (non-hydrogen) atoms. The molecule has 1 fully saturated rings. The molecule has 0 radical (unpaired) electrons. The molecule has 2 atom stereocenters. The van der Waals surface area contributed by atoms with Gasteiger partial charge in [-0.1, -0.05) is 13.8 Å². The highest BCUT2D eigenvalue weighted by molar-refractivity contribution is 4.85. The van der Waals surface area contributed by atoms with Crippen LogP contribution in [0.25, 0.3) is 0 Å². The lowest BCUT2D eigenvalue weighted by molar-refractivity contribution is 0.0104. The van der Waals surface area contributed by atoms with Crippen LogP contribution in [-0.4, -0.2) is 61.4 Å². The van der Waals surface area contributed by atoms with Gasteiger partial charge in [-0.25, -0.2) is 0 Å². The summed E-state index contributed by atoms with van der Waals surface area (Å²) in [5.41, 5.74) is -0.765. The minimum Gasteiger partial charge on any atom is -0.389 e. The summed E-state index contributed by atoms with van der Waals surface area (Å²) in [7, 11) is 0. The maximum absolute atomic E-state index is 9.95. The molecule has 1 rings (SSSR count). The average molecular weight is 247 g/mol. The van der Waals surface area contributed by atoms with Gasteiger partial charge in [-0.15, -0.1) is 0 Å². The molecule has 102 valence electrons. The van der Waals surface area contributed by atoms with Crippen molar-refractivity contribution in [2.24, 2.45) is 5.92 Å². The Morgan fingerprint density at radius 1 is 1.41 bits per heavy atom. The minimum absolute atomic E-state index is 0.333. The Morgan fingerprint density at radius 2 is 2.18 bits per heavy atom. The molecule has 1 heterocycles. The highest BCUT2D eigenvalue weighted by Gasteiger charge is 2.31. The smallest absolute Gasteiger partial charge is 0.102 e. The molecule has 1 aliphatic heterocycles. The van der Waals surface area contributed by atoms with E-state index >= 15 is 0 Å². The lowest BCUT2D eigenvalue weighted by Gasteiger charge is -2.22. The molecule has 0 aromatic rings. The normalized spacial score (nSPS) is 26.6. The number of hydrogen-bond donors (Lipinski definition) is 3. The molecule has 0 saturated carbocycles. The van der Waals surface area contributed by atoms with E-state index in [1.807, 2.05) is 0 Å². The van der Waals surface area contributed by atoms with Crippen LogP contribution in [-0.2, 0) is 9.47 Å². The van der Waals surface area contributed by atoms with Crippen LogP contribution in [0.4, 0.5) is 0 Å². The van der Waals surface area contributed by atoms with Gasteiger partial charge in [-0.3, -0.25) is 0 Å². The summed E-state index contributed by atoms with van der Waals surface area (Å²) in [5, 5.41) is 22.6. The summed E-state index contributed by atoms with van der Waals surface area (Å²) in [4.78, 5) is 0. The fourth-order valence-corrected chi connectivity index (χ4v) is 1.71. The number of aliphatic hydroxyl groups excluding tert-OH is 1. The van der Waals surface area contributed by atoms with Crippen molar-refractivity contribution in [3.8, 4) is 0 Å². The molecule has 1 saturated heterocycles. The molecular weight excluding hydrogens is 222 g/mol. The minimum atomic E-state index is -0.765. The first-order valence-corrected chi connectivity index (χ1v) is 6.28. The predicted molar refractivity (Wildman–Crippen MR) is 64.9 cm³/mol. The number of rotatable bonds is 8. The first-order valence-electron chi connectivity index (χ1n) is 6.28. The topological polar surface area (TPSA) is 71.0 Å². The summed E-state index contributed by atoms with van der Waals surface area (Å²) in [6.07, 6.45) is 0.125. The molecule has 0 spiro atoms. The van der Waals surface area contributed by atoms with Crippen molar-refractivity contribution in [2.75, 3.05) is 39.5 Å². The lowest BCUT2D eigenvalue weighted by Crippen LogP contribution is -2.44. The van der Waals surface area contributed by atoms with Gasteiger partial charge in [-0.2, -0.15) is 0 Å². The fraction of sp³-hybridized carbons (Fsp3) is 1.00. The van der Waals surface area contributed by atoms with Gasteiger partial charge in [0.25, 0.3) is 0 Å². The fourth-order valence-electron chi connectivity index (χ4n) is 1.71. The lowest BCUT2D eigenvalue weighted by atomic mass is 10.0. The van der Waals surface area contributed by atoms with Crippen LogP contribution in [0, 0.1) is 5.92 Å². The molecule has 0 amide bonds. The van der Waals surface area contributed by atoms with Crippen molar-refractivity contribution in [3.05, 3.63) is 0 Å². The van der Waals surface area contributed by atoms with E-state index < -0.39 is 11.7 Å². The van der Waals surface area contributed by atoms with E-state index in [4.69, 9.17) is 9.47 Å². The second-order valence-corrected chi connectivity index (χ2v) is 5.24. The van der Waals surface area contributed by atoms with Crippen molar-refractivity contribution in [2.45, 2.75) is 32.0 Å². The Balaban J connectivity index is 2.01. The predicted octanol–water partition coefficient (Wildman–Crippen LogP) is -0.239. The van der Waals surface area contributed by atoms with Crippen LogP contribution in [0.1, 0.15) is 20.3 Å². The molecule has 5 heteroatoms. The average Bonchev–Trinajstić information content (AvgIpc) is 2.65. The summed E-state index contributed by atoms with van der Waals surface area (Å²) in [6, 6.07) is 0. The van der Waals surface area contributed by atoms with Gasteiger partial charge in [0.2, 0.25) is 0 Å². The summed E-state index contributed by atoms with van der Waals surface area (Å²) in [6.45, 7) is 7.00. The van der Waals surface area contributed by atoms with E-state index in [0.717, 1.165) is 0 Å². The molecule has 0 aromatic carbocycles. The van der Waals surface area contributed by atoms with Crippen LogP contribution in [0.2, 0.25) is 0 Å². The first kappa shape index (κ1) is 14.9. The van der Waals surface area contributed by atoms with Gasteiger partial charge < -0.3 is 25.0 Å². The van der Waals surface area contributed by atoms with Crippen molar-refractivity contribution < 1.29 is 19.7 Å². The van der Waals surface area contributed by atoms with Crippen LogP contribution >= 0.6 is 0 Å². The Hall–Kier alpha value is -0.200. The van der Waals surface area contributed by atoms with Crippen LogP contribution in [0.5, 0.6) is 0 Å². The second-order valence-electron chi connectivity index (χ2n) is 5.24. The summed E-state index contributed by atoms with van der Waals surface area (Å²) < 4.78 is 10.5. The van der Waals surface area contributed by atoms with E-state index in [1.165, 1.54) is 0 Å². The van der Waals surface area contributed by atoms with Crippen LogP contribution in [0.3, 0.4) is 0 Å². The molecule has 0 aromatic heterocycles. The zero-order valence-electron chi connectivity index (χ0n) is 10.8. The van der Waals surface area contributed by atoms with Gasteiger partial charge in [0.15, 0.2) is 0 Å².